The van der Waals surface area contributed by atoms with Crippen molar-refractivity contribution in [3.63, 3.8) is 0 Å². The molecule has 134 valence electrons. The zero-order valence-corrected chi connectivity index (χ0v) is 15.8. The van der Waals surface area contributed by atoms with Gasteiger partial charge in [0.05, 0.1) is 0 Å². The Morgan fingerprint density at radius 1 is 0.739 bits per heavy atom. The third-order valence-electron chi connectivity index (χ3n) is 6.73. The minimum Gasteiger partial charge on any atom is -0.299 e. The molecule has 2 rings (SSSR count). The number of Topliss-reactive ketones (excluding diaryl/α,β-unsaturated/α-hetero) is 1. The van der Waals surface area contributed by atoms with E-state index in [1.807, 2.05) is 0 Å². The number of ketones is 1. The maximum absolute atomic E-state index is 12.5. The third kappa shape index (κ3) is 6.24. The van der Waals surface area contributed by atoms with Gasteiger partial charge in [-0.1, -0.05) is 71.6 Å². The van der Waals surface area contributed by atoms with Crippen LogP contribution in [0.25, 0.3) is 0 Å². The summed E-state index contributed by atoms with van der Waals surface area (Å²) in [6, 6.07) is 0. The highest BCUT2D eigenvalue weighted by molar-refractivity contribution is 5.81. The lowest BCUT2D eigenvalue weighted by atomic mass is 9.68. The molecule has 2 atom stereocenters. The first-order chi connectivity index (χ1) is 11.2. The molecule has 2 aliphatic carbocycles. The molecule has 0 amide bonds. The van der Waals surface area contributed by atoms with Crippen molar-refractivity contribution in [3.05, 3.63) is 0 Å². The fraction of sp³-hybridized carbons (Fsp3) is 0.955. The topological polar surface area (TPSA) is 17.1 Å². The second-order valence-electron chi connectivity index (χ2n) is 8.48. The van der Waals surface area contributed by atoms with Crippen molar-refractivity contribution in [3.8, 4) is 0 Å². The van der Waals surface area contributed by atoms with Crippen LogP contribution in [0.1, 0.15) is 110 Å². The molecule has 2 unspecified atom stereocenters. The van der Waals surface area contributed by atoms with Crippen LogP contribution in [0.5, 0.6) is 0 Å². The van der Waals surface area contributed by atoms with Crippen LogP contribution in [0.4, 0.5) is 0 Å². The van der Waals surface area contributed by atoms with Gasteiger partial charge in [0.2, 0.25) is 0 Å². The summed E-state index contributed by atoms with van der Waals surface area (Å²) in [4.78, 5) is 12.5. The second kappa shape index (κ2) is 10.5. The minimum atomic E-state index is 0.420. The standard InChI is InChI=1S/C22H40O/c1-3-5-7-9-18-11-13-19(14-12-18)21-16-15-20(22(23)17-21)10-8-6-4-2/h18-21H,3-17H2,1-2H3. The zero-order valence-electron chi connectivity index (χ0n) is 15.8. The van der Waals surface area contributed by atoms with Crippen molar-refractivity contribution in [1.82, 2.24) is 0 Å². The van der Waals surface area contributed by atoms with E-state index in [2.05, 4.69) is 13.8 Å². The number of hydrogen-bond donors (Lipinski definition) is 0. The molecule has 23 heavy (non-hydrogen) atoms. The second-order valence-corrected chi connectivity index (χ2v) is 8.48. The molecule has 2 aliphatic rings. The average molecular weight is 321 g/mol. The van der Waals surface area contributed by atoms with Gasteiger partial charge in [-0.05, 0) is 49.9 Å². The molecule has 1 nitrogen and oxygen atoms in total. The fourth-order valence-corrected chi connectivity index (χ4v) is 5.08. The Balaban J connectivity index is 1.66. The predicted octanol–water partition coefficient (Wildman–Crippen LogP) is 6.94. The van der Waals surface area contributed by atoms with Gasteiger partial charge in [0.1, 0.15) is 5.78 Å². The van der Waals surface area contributed by atoms with Crippen LogP contribution in [0.2, 0.25) is 0 Å². The van der Waals surface area contributed by atoms with E-state index in [9.17, 15) is 4.79 Å². The molecular formula is C22H40O. The third-order valence-corrected chi connectivity index (χ3v) is 6.73. The first kappa shape index (κ1) is 19.0. The van der Waals surface area contributed by atoms with Gasteiger partial charge in [0.15, 0.2) is 0 Å². The fourth-order valence-electron chi connectivity index (χ4n) is 5.08. The van der Waals surface area contributed by atoms with Crippen LogP contribution in [0.15, 0.2) is 0 Å². The van der Waals surface area contributed by atoms with Gasteiger partial charge in [0, 0.05) is 12.3 Å². The van der Waals surface area contributed by atoms with Crippen molar-refractivity contribution < 1.29 is 4.79 Å². The number of carbonyl (C=O) groups is 1. The summed E-state index contributed by atoms with van der Waals surface area (Å²) < 4.78 is 0. The van der Waals surface area contributed by atoms with Crippen molar-refractivity contribution in [2.75, 3.05) is 0 Å². The van der Waals surface area contributed by atoms with Crippen molar-refractivity contribution >= 4 is 5.78 Å². The summed E-state index contributed by atoms with van der Waals surface area (Å²) >= 11 is 0. The molecule has 0 aromatic heterocycles. The van der Waals surface area contributed by atoms with Gasteiger partial charge in [-0.2, -0.15) is 0 Å². The molecule has 0 bridgehead atoms. The number of unbranched alkanes of at least 4 members (excludes halogenated alkanes) is 4. The molecular weight excluding hydrogens is 280 g/mol. The van der Waals surface area contributed by atoms with Crippen LogP contribution >= 0.6 is 0 Å². The summed E-state index contributed by atoms with van der Waals surface area (Å²) in [7, 11) is 0. The highest BCUT2D eigenvalue weighted by Crippen LogP contribution is 2.42. The Hall–Kier alpha value is -0.330. The Bertz CT molecular complexity index is 327. The SMILES string of the molecule is CCCCCC1CCC(C2CCC(CCCCC)C(=O)C2)CC1. The Morgan fingerprint density at radius 3 is 1.96 bits per heavy atom. The lowest BCUT2D eigenvalue weighted by Gasteiger charge is -2.37. The van der Waals surface area contributed by atoms with Gasteiger partial charge in [-0.15, -0.1) is 0 Å². The lowest BCUT2D eigenvalue weighted by Crippen LogP contribution is -2.31. The van der Waals surface area contributed by atoms with Gasteiger partial charge in [0.25, 0.3) is 0 Å². The Labute approximate surface area is 145 Å². The first-order valence-electron chi connectivity index (χ1n) is 10.8. The van der Waals surface area contributed by atoms with Crippen LogP contribution in [0, 0.1) is 23.7 Å². The number of carbonyl (C=O) groups excluding carboxylic acids is 1. The van der Waals surface area contributed by atoms with Crippen LogP contribution in [-0.2, 0) is 4.79 Å². The van der Waals surface area contributed by atoms with Gasteiger partial charge in [-0.3, -0.25) is 4.79 Å². The summed E-state index contributed by atoms with van der Waals surface area (Å²) in [5.74, 6) is 3.64. The van der Waals surface area contributed by atoms with Crippen LogP contribution in [0.3, 0.4) is 0 Å². The van der Waals surface area contributed by atoms with Crippen LogP contribution in [-0.4, -0.2) is 5.78 Å². The highest BCUT2D eigenvalue weighted by atomic mass is 16.1. The van der Waals surface area contributed by atoms with E-state index in [4.69, 9.17) is 0 Å². The first-order valence-corrected chi connectivity index (χ1v) is 10.8. The average Bonchev–Trinajstić information content (AvgIpc) is 2.57. The maximum Gasteiger partial charge on any atom is 0.136 e. The number of rotatable bonds is 9. The molecule has 0 aliphatic heterocycles. The molecule has 0 aromatic rings. The van der Waals surface area contributed by atoms with E-state index in [-0.39, 0.29) is 0 Å². The predicted molar refractivity (Wildman–Crippen MR) is 99.6 cm³/mol. The van der Waals surface area contributed by atoms with E-state index < -0.39 is 0 Å². The highest BCUT2D eigenvalue weighted by Gasteiger charge is 2.34. The van der Waals surface area contributed by atoms with Gasteiger partial charge < -0.3 is 0 Å². The Morgan fingerprint density at radius 2 is 1.35 bits per heavy atom. The van der Waals surface area contributed by atoms with E-state index in [0.29, 0.717) is 11.7 Å². The summed E-state index contributed by atoms with van der Waals surface area (Å²) in [6.07, 6.45) is 19.8. The molecule has 2 saturated carbocycles. The largest absolute Gasteiger partial charge is 0.299 e. The number of hydrogen-bond acceptors (Lipinski definition) is 1. The maximum atomic E-state index is 12.5. The molecule has 1 heteroatoms. The molecule has 0 aromatic carbocycles. The molecule has 0 radical (unpaired) electrons. The monoisotopic (exact) mass is 320 g/mol. The van der Waals surface area contributed by atoms with Crippen molar-refractivity contribution in [2.45, 2.75) is 110 Å². The van der Waals surface area contributed by atoms with E-state index in [0.717, 1.165) is 24.2 Å². The smallest absolute Gasteiger partial charge is 0.136 e. The van der Waals surface area contributed by atoms with Gasteiger partial charge in [-0.25, -0.2) is 0 Å². The molecule has 0 spiro atoms. The Kier molecular flexibility index (Phi) is 8.69. The molecule has 0 heterocycles. The quantitative estimate of drug-likeness (QED) is 0.420. The summed E-state index contributed by atoms with van der Waals surface area (Å²) in [6.45, 7) is 4.55. The van der Waals surface area contributed by atoms with Crippen molar-refractivity contribution in [2.24, 2.45) is 23.7 Å². The van der Waals surface area contributed by atoms with Crippen molar-refractivity contribution in [1.29, 1.82) is 0 Å². The minimum absolute atomic E-state index is 0.420. The molecule has 0 saturated heterocycles. The normalized spacial score (nSPS) is 32.2. The summed E-state index contributed by atoms with van der Waals surface area (Å²) in [5.41, 5.74) is 0. The molecule has 0 N–H and O–H groups in total. The zero-order chi connectivity index (χ0) is 16.5. The molecule has 2 fully saturated rings. The lowest BCUT2D eigenvalue weighted by molar-refractivity contribution is -0.127. The van der Waals surface area contributed by atoms with E-state index in [1.165, 1.54) is 89.9 Å². The van der Waals surface area contributed by atoms with E-state index >= 15 is 0 Å². The van der Waals surface area contributed by atoms with Gasteiger partial charge >= 0.3 is 0 Å². The van der Waals surface area contributed by atoms with E-state index in [1.54, 1.807) is 0 Å². The summed E-state index contributed by atoms with van der Waals surface area (Å²) in [5, 5.41) is 0. The van der Waals surface area contributed by atoms with Crippen LogP contribution < -0.4 is 0 Å².